The van der Waals surface area contributed by atoms with Crippen molar-refractivity contribution in [3.63, 3.8) is 0 Å². The van der Waals surface area contributed by atoms with Gasteiger partial charge in [-0.2, -0.15) is 18.2 Å². The van der Waals surface area contributed by atoms with Gasteiger partial charge in [0.15, 0.2) is 0 Å². The van der Waals surface area contributed by atoms with E-state index in [4.69, 9.17) is 9.72 Å². The summed E-state index contributed by atoms with van der Waals surface area (Å²) >= 11 is 0. The summed E-state index contributed by atoms with van der Waals surface area (Å²) in [6.45, 7) is 22.5. The van der Waals surface area contributed by atoms with Gasteiger partial charge in [0.1, 0.15) is 5.82 Å². The second-order valence-corrected chi connectivity index (χ2v) is 19.9. The molecule has 64 heavy (non-hydrogen) atoms. The summed E-state index contributed by atoms with van der Waals surface area (Å²) in [5.41, 5.74) is 10.4. The number of nitrogens with zero attached hydrogens (tertiary/aromatic N) is 4. The molecule has 326 valence electrons. The van der Waals surface area contributed by atoms with Gasteiger partial charge in [-0.1, -0.05) is 160 Å². The molecule has 0 aliphatic heterocycles. The normalized spacial score (nSPS) is 12.4. The third-order valence-electron chi connectivity index (χ3n) is 12.8. The largest absolute Gasteiger partial charge is 0.509 e. The molecule has 0 saturated carbocycles. The Morgan fingerprint density at radius 3 is 1.91 bits per heavy atom. The fourth-order valence-electron chi connectivity index (χ4n) is 8.65. The van der Waals surface area contributed by atoms with E-state index in [1.165, 1.54) is 27.8 Å². The van der Waals surface area contributed by atoms with Crippen molar-refractivity contribution in [1.29, 1.82) is 0 Å². The van der Waals surface area contributed by atoms with Crippen molar-refractivity contribution < 1.29 is 30.4 Å². The third kappa shape index (κ3) is 8.39. The number of ether oxygens (including phenoxy) is 1. The van der Waals surface area contributed by atoms with E-state index >= 15 is 0 Å². The summed E-state index contributed by atoms with van der Waals surface area (Å²) in [5.74, 6) is 2.06. The number of rotatable bonds is 9. The predicted molar refractivity (Wildman–Crippen MR) is 257 cm³/mol. The van der Waals surface area contributed by atoms with Crippen molar-refractivity contribution in [2.24, 2.45) is 0 Å². The van der Waals surface area contributed by atoms with Gasteiger partial charge in [0.2, 0.25) is 0 Å². The molecular weight excluding hydrogens is 964 g/mol. The molecule has 6 heteroatoms. The first-order chi connectivity index (χ1) is 30.0. The van der Waals surface area contributed by atoms with E-state index in [9.17, 15) is 0 Å². The Bertz CT molecular complexity index is 3110. The van der Waals surface area contributed by atoms with Crippen LogP contribution in [0.3, 0.4) is 0 Å². The number of aromatic nitrogens is 4. The Kier molecular flexibility index (Phi) is 11.7. The van der Waals surface area contributed by atoms with Gasteiger partial charge in [-0.05, 0) is 85.5 Å². The molecule has 9 rings (SSSR count). The fourth-order valence-corrected chi connectivity index (χ4v) is 8.65. The molecular formula is C58H56N4OPt-2. The van der Waals surface area contributed by atoms with Crippen molar-refractivity contribution in [1.82, 2.24) is 14.1 Å². The number of imidazole rings is 1. The summed E-state index contributed by atoms with van der Waals surface area (Å²) in [6.07, 6.45) is 9.51. The first-order valence-electron chi connectivity index (χ1n) is 22.0. The minimum absolute atomic E-state index is 0. The maximum absolute atomic E-state index is 7.05. The standard InChI is InChI=1S/C58H56N4O.Pt/c1-55(2,3)42-22-17-23-45(34-42)60-32-33-61(39-60)46-25-28-50(58(9,10)41-20-15-12-16-21-41)53(37-46)63-47-26-27-48-49-35-44(57(7,8)40-18-13-11-14-19-40)24-29-51(49)62(52(48)38-47)54-36-43(30-31-59-54)56(4,5)6;/h11-36H,1-10H3;/q-2;. The summed E-state index contributed by atoms with van der Waals surface area (Å²) in [4.78, 5) is 4.98. The van der Waals surface area contributed by atoms with Gasteiger partial charge in [0.25, 0.3) is 6.33 Å². The van der Waals surface area contributed by atoms with Crippen LogP contribution in [0.5, 0.6) is 11.5 Å². The van der Waals surface area contributed by atoms with E-state index in [1.807, 2.05) is 33.8 Å². The maximum atomic E-state index is 7.05. The summed E-state index contributed by atoms with van der Waals surface area (Å²) in [6, 6.07) is 57.1. The molecule has 0 N–H and O–H groups in total. The van der Waals surface area contributed by atoms with Crippen molar-refractivity contribution in [2.45, 2.75) is 90.9 Å². The van der Waals surface area contributed by atoms with Gasteiger partial charge in [-0.15, -0.1) is 29.1 Å². The Morgan fingerprint density at radius 2 is 1.22 bits per heavy atom. The van der Waals surface area contributed by atoms with Crippen LogP contribution in [0.2, 0.25) is 0 Å². The molecule has 5 nitrogen and oxygen atoms in total. The van der Waals surface area contributed by atoms with Crippen molar-refractivity contribution >= 4 is 21.8 Å². The zero-order valence-corrected chi connectivity index (χ0v) is 40.8. The molecule has 0 aliphatic rings. The zero-order chi connectivity index (χ0) is 44.3. The second kappa shape index (κ2) is 16.8. The molecule has 0 aliphatic carbocycles. The first kappa shape index (κ1) is 44.6. The molecule has 3 aromatic heterocycles. The van der Waals surface area contributed by atoms with E-state index in [2.05, 4.69) is 226 Å². The predicted octanol–water partition coefficient (Wildman–Crippen LogP) is 13.7. The van der Waals surface area contributed by atoms with Gasteiger partial charge in [0.05, 0.1) is 5.69 Å². The first-order valence-corrected chi connectivity index (χ1v) is 22.0. The Balaban J connectivity index is 0.00000560. The van der Waals surface area contributed by atoms with Crippen LogP contribution in [0.25, 0.3) is 39.0 Å². The van der Waals surface area contributed by atoms with Gasteiger partial charge >= 0.3 is 0 Å². The van der Waals surface area contributed by atoms with E-state index in [0.29, 0.717) is 11.5 Å². The summed E-state index contributed by atoms with van der Waals surface area (Å²) in [7, 11) is 0. The quantitative estimate of drug-likeness (QED) is 0.107. The third-order valence-corrected chi connectivity index (χ3v) is 12.8. The molecule has 0 unspecified atom stereocenters. The molecule has 3 heterocycles. The molecule has 0 saturated heterocycles. The molecule has 9 aromatic rings. The molecule has 0 radical (unpaired) electrons. The van der Waals surface area contributed by atoms with Gasteiger partial charge in [0, 0.05) is 62.1 Å². The number of fused-ring (bicyclic) bond motifs is 3. The van der Waals surface area contributed by atoms with Gasteiger partial charge in [-0.25, -0.2) is 4.98 Å². The van der Waals surface area contributed by atoms with Crippen molar-refractivity contribution in [3.05, 3.63) is 210 Å². The number of hydrogen-bond acceptors (Lipinski definition) is 2. The number of pyridine rings is 1. The van der Waals surface area contributed by atoms with Crippen LogP contribution in [0.1, 0.15) is 103 Å². The van der Waals surface area contributed by atoms with E-state index in [-0.39, 0.29) is 37.3 Å². The van der Waals surface area contributed by atoms with Crippen LogP contribution in [-0.2, 0) is 42.7 Å². The number of hydrogen-bond donors (Lipinski definition) is 0. The average molecular weight is 1020 g/mol. The van der Waals surface area contributed by atoms with E-state index in [0.717, 1.165) is 44.6 Å². The van der Waals surface area contributed by atoms with Crippen LogP contribution in [0.4, 0.5) is 0 Å². The summed E-state index contributed by atoms with van der Waals surface area (Å²) < 4.78 is 13.3. The smallest absolute Gasteiger partial charge is 0.267 e. The van der Waals surface area contributed by atoms with E-state index in [1.54, 1.807) is 0 Å². The Labute approximate surface area is 393 Å². The Morgan fingerprint density at radius 1 is 0.562 bits per heavy atom. The summed E-state index contributed by atoms with van der Waals surface area (Å²) in [5, 5.41) is 2.22. The van der Waals surface area contributed by atoms with Crippen molar-refractivity contribution in [2.75, 3.05) is 0 Å². The monoisotopic (exact) mass is 1020 g/mol. The zero-order valence-electron chi connectivity index (χ0n) is 38.5. The number of benzene rings is 6. The maximum Gasteiger partial charge on any atom is 0.267 e. The molecule has 6 aromatic carbocycles. The van der Waals surface area contributed by atoms with Gasteiger partial charge < -0.3 is 13.9 Å². The van der Waals surface area contributed by atoms with Crippen LogP contribution in [-0.4, -0.2) is 14.1 Å². The minimum Gasteiger partial charge on any atom is -0.509 e. The molecule has 0 bridgehead atoms. The van der Waals surface area contributed by atoms with Crippen LogP contribution in [0.15, 0.2) is 158 Å². The SMILES string of the molecule is CC(C)(C)c1cccc(-[n+]2[c-]n(-c3[c-]c(Oc4[c-]c5c(cc4)c4cc(C(C)(C)c6ccccc6)ccc4n5-c4cc(C(C)(C)C)ccn4)c(C(C)(C)c4ccccc4)cc3)cc2)c1.[Pt]. The molecule has 0 amide bonds. The molecule has 0 spiro atoms. The van der Waals surface area contributed by atoms with Crippen molar-refractivity contribution in [3.8, 4) is 28.7 Å². The van der Waals surface area contributed by atoms with Crippen LogP contribution in [0, 0.1) is 18.5 Å². The fraction of sp³-hybridized carbons (Fsp3) is 0.241. The molecule has 0 atom stereocenters. The Hall–Kier alpha value is -6.03. The topological polar surface area (TPSA) is 35.9 Å². The second-order valence-electron chi connectivity index (χ2n) is 19.9. The van der Waals surface area contributed by atoms with E-state index < -0.39 is 5.41 Å². The average Bonchev–Trinajstić information content (AvgIpc) is 3.90. The minimum atomic E-state index is -0.405. The van der Waals surface area contributed by atoms with Crippen LogP contribution < -0.4 is 9.30 Å². The van der Waals surface area contributed by atoms with Crippen LogP contribution >= 0.6 is 0 Å². The van der Waals surface area contributed by atoms with Gasteiger partial charge in [-0.3, -0.25) is 4.57 Å². The molecule has 0 fully saturated rings.